The number of aliphatic hydroxyl groups excluding tert-OH is 1. The quantitative estimate of drug-likeness (QED) is 0.832. The first-order valence-electron chi connectivity index (χ1n) is 7.66. The van der Waals surface area contributed by atoms with Crippen molar-refractivity contribution in [2.75, 3.05) is 36.0 Å². The molecule has 24 heavy (non-hydrogen) atoms. The summed E-state index contributed by atoms with van der Waals surface area (Å²) in [6, 6.07) is 4.35. The summed E-state index contributed by atoms with van der Waals surface area (Å²) in [4.78, 5) is 26.0. The van der Waals surface area contributed by atoms with Crippen LogP contribution in [0.3, 0.4) is 0 Å². The van der Waals surface area contributed by atoms with Crippen molar-refractivity contribution in [2.45, 2.75) is 18.2 Å². The number of alkyl carbamates (subject to hydrolysis) is 1. The lowest BCUT2D eigenvalue weighted by molar-refractivity contribution is 0.0963. The predicted molar refractivity (Wildman–Crippen MR) is 80.5 cm³/mol. The van der Waals surface area contributed by atoms with Crippen molar-refractivity contribution in [1.29, 1.82) is 0 Å². The van der Waals surface area contributed by atoms with E-state index in [9.17, 15) is 14.0 Å². The monoisotopic (exact) mass is 337 g/mol. The van der Waals surface area contributed by atoms with Crippen LogP contribution >= 0.6 is 0 Å². The van der Waals surface area contributed by atoms with Gasteiger partial charge < -0.3 is 24.8 Å². The Morgan fingerprint density at radius 2 is 2.08 bits per heavy atom. The van der Waals surface area contributed by atoms with Crippen LogP contribution < -0.4 is 15.1 Å². The number of hydrogen-bond acceptors (Lipinski definition) is 6. The van der Waals surface area contributed by atoms with Gasteiger partial charge in [-0.05, 0) is 18.2 Å². The van der Waals surface area contributed by atoms with E-state index in [0.717, 1.165) is 0 Å². The maximum Gasteiger partial charge on any atom is 0.414 e. The van der Waals surface area contributed by atoms with Crippen molar-refractivity contribution >= 4 is 23.6 Å². The van der Waals surface area contributed by atoms with Gasteiger partial charge in [-0.25, -0.2) is 14.0 Å². The van der Waals surface area contributed by atoms with Crippen molar-refractivity contribution in [3.05, 3.63) is 24.0 Å². The smallest absolute Gasteiger partial charge is 0.414 e. The summed E-state index contributed by atoms with van der Waals surface area (Å²) in [5.41, 5.74) is 0.762. The van der Waals surface area contributed by atoms with E-state index in [1.165, 1.54) is 11.0 Å². The molecule has 3 aliphatic rings. The molecule has 9 heteroatoms. The lowest BCUT2D eigenvalue weighted by atomic mass is 10.2. The van der Waals surface area contributed by atoms with Gasteiger partial charge in [-0.15, -0.1) is 0 Å². The summed E-state index contributed by atoms with van der Waals surface area (Å²) in [6.07, 6.45) is -1.92. The van der Waals surface area contributed by atoms with Gasteiger partial charge in [0.15, 0.2) is 0 Å². The molecule has 0 saturated carbocycles. The third-order valence-corrected chi connectivity index (χ3v) is 4.49. The zero-order chi connectivity index (χ0) is 16.8. The van der Waals surface area contributed by atoms with Crippen molar-refractivity contribution in [3.8, 4) is 0 Å². The van der Waals surface area contributed by atoms with E-state index in [0.29, 0.717) is 24.5 Å². The average Bonchev–Trinajstić information content (AvgIpc) is 3.19. The molecule has 0 radical (unpaired) electrons. The van der Waals surface area contributed by atoms with E-state index in [4.69, 9.17) is 14.6 Å². The van der Waals surface area contributed by atoms with Crippen LogP contribution in [0.15, 0.2) is 18.2 Å². The minimum atomic E-state index is -0.604. The molecular weight excluding hydrogens is 321 g/mol. The van der Waals surface area contributed by atoms with Crippen LogP contribution in [0.2, 0.25) is 0 Å². The lowest BCUT2D eigenvalue weighted by Gasteiger charge is -2.21. The molecule has 0 aromatic heterocycles. The van der Waals surface area contributed by atoms with Gasteiger partial charge in [-0.2, -0.15) is 0 Å². The number of rotatable bonds is 3. The van der Waals surface area contributed by atoms with Crippen LogP contribution in [0.1, 0.15) is 0 Å². The number of anilines is 2. The standard InChI is InChI=1S/C15H16FN3O5/c16-10-3-8(19-4-9(7-20)23-15(19)22)1-2-12(10)18-5-11-13(6-18)24-14(21)17-11/h1-3,9,11,13,20H,4-7H2,(H,17,21)/t9-,11?,13?/m1/s1. The molecule has 4 rings (SSSR count). The van der Waals surface area contributed by atoms with Crippen molar-refractivity contribution < 1.29 is 28.6 Å². The Morgan fingerprint density at radius 1 is 1.25 bits per heavy atom. The van der Waals surface area contributed by atoms with Crippen LogP contribution in [0, 0.1) is 5.82 Å². The minimum Gasteiger partial charge on any atom is -0.442 e. The second-order valence-corrected chi connectivity index (χ2v) is 6.03. The van der Waals surface area contributed by atoms with Crippen molar-refractivity contribution in [3.63, 3.8) is 0 Å². The largest absolute Gasteiger partial charge is 0.442 e. The predicted octanol–water partition coefficient (Wildman–Crippen LogP) is 0.440. The van der Waals surface area contributed by atoms with Gasteiger partial charge in [0.05, 0.1) is 37.1 Å². The van der Waals surface area contributed by atoms with Crippen LogP contribution in [-0.2, 0) is 9.47 Å². The van der Waals surface area contributed by atoms with E-state index in [2.05, 4.69) is 5.32 Å². The van der Waals surface area contributed by atoms with Gasteiger partial charge in [0, 0.05) is 6.54 Å². The Kier molecular flexibility index (Phi) is 3.45. The van der Waals surface area contributed by atoms with E-state index in [1.54, 1.807) is 17.0 Å². The second-order valence-electron chi connectivity index (χ2n) is 6.03. The topological polar surface area (TPSA) is 91.3 Å². The first-order chi connectivity index (χ1) is 11.5. The highest BCUT2D eigenvalue weighted by Crippen LogP contribution is 2.31. The highest BCUT2D eigenvalue weighted by molar-refractivity contribution is 5.90. The molecule has 128 valence electrons. The maximum absolute atomic E-state index is 14.5. The summed E-state index contributed by atoms with van der Waals surface area (Å²) in [5, 5.41) is 11.8. The number of carbonyl (C=O) groups is 2. The molecule has 2 unspecified atom stereocenters. The van der Waals surface area contributed by atoms with Gasteiger partial charge in [-0.3, -0.25) is 4.90 Å². The Labute approximate surface area is 136 Å². The zero-order valence-corrected chi connectivity index (χ0v) is 12.6. The maximum atomic E-state index is 14.5. The summed E-state index contributed by atoms with van der Waals surface area (Å²) in [7, 11) is 0. The number of halogens is 1. The number of cyclic esters (lactones) is 1. The van der Waals surface area contributed by atoms with Crippen LogP contribution in [-0.4, -0.2) is 61.8 Å². The third kappa shape index (κ3) is 2.41. The number of aliphatic hydroxyl groups is 1. The number of fused-ring (bicyclic) bond motifs is 1. The fourth-order valence-corrected chi connectivity index (χ4v) is 3.30. The van der Waals surface area contributed by atoms with Gasteiger partial charge in [0.2, 0.25) is 0 Å². The summed E-state index contributed by atoms with van der Waals surface area (Å²) in [6.45, 7) is 0.788. The van der Waals surface area contributed by atoms with Gasteiger partial charge in [0.1, 0.15) is 18.0 Å². The summed E-state index contributed by atoms with van der Waals surface area (Å²) in [5.74, 6) is -0.473. The van der Waals surface area contributed by atoms with Crippen LogP contribution in [0.5, 0.6) is 0 Å². The van der Waals surface area contributed by atoms with Crippen molar-refractivity contribution in [2.24, 2.45) is 0 Å². The number of benzene rings is 1. The Balaban J connectivity index is 1.51. The molecule has 3 fully saturated rings. The van der Waals surface area contributed by atoms with E-state index < -0.39 is 24.1 Å². The number of carbonyl (C=O) groups excluding carboxylic acids is 2. The number of nitrogens with one attached hydrogen (secondary N) is 1. The molecule has 1 aromatic rings. The number of hydrogen-bond donors (Lipinski definition) is 2. The molecule has 8 nitrogen and oxygen atoms in total. The molecule has 2 amide bonds. The molecule has 3 atom stereocenters. The fourth-order valence-electron chi connectivity index (χ4n) is 3.30. The van der Waals surface area contributed by atoms with Crippen molar-refractivity contribution in [1.82, 2.24) is 5.32 Å². The average molecular weight is 337 g/mol. The van der Waals surface area contributed by atoms with Crippen LogP contribution in [0.25, 0.3) is 0 Å². The normalized spacial score (nSPS) is 28.7. The molecule has 3 heterocycles. The minimum absolute atomic E-state index is 0.143. The Hall–Kier alpha value is -2.55. The fraction of sp³-hybridized carbons (Fsp3) is 0.467. The van der Waals surface area contributed by atoms with E-state index >= 15 is 0 Å². The molecule has 2 N–H and O–H groups in total. The molecule has 3 saturated heterocycles. The zero-order valence-electron chi connectivity index (χ0n) is 12.6. The summed E-state index contributed by atoms with van der Waals surface area (Å²) < 4.78 is 24.6. The highest BCUT2D eigenvalue weighted by atomic mass is 19.1. The molecule has 1 aromatic carbocycles. The second kappa shape index (κ2) is 5.52. The number of ether oxygens (including phenoxy) is 2. The Bertz CT molecular complexity index is 684. The van der Waals surface area contributed by atoms with E-state index in [-0.39, 0.29) is 25.3 Å². The van der Waals surface area contributed by atoms with Crippen LogP contribution in [0.4, 0.5) is 25.4 Å². The molecule has 0 bridgehead atoms. The van der Waals surface area contributed by atoms with Gasteiger partial charge in [0.25, 0.3) is 0 Å². The lowest BCUT2D eigenvalue weighted by Crippen LogP contribution is -2.32. The number of amides is 2. The van der Waals surface area contributed by atoms with Gasteiger partial charge >= 0.3 is 12.2 Å². The molecule has 3 aliphatic heterocycles. The van der Waals surface area contributed by atoms with E-state index in [1.807, 2.05) is 0 Å². The third-order valence-electron chi connectivity index (χ3n) is 4.49. The Morgan fingerprint density at radius 3 is 2.75 bits per heavy atom. The molecular formula is C15H16FN3O5. The van der Waals surface area contributed by atoms with Gasteiger partial charge in [-0.1, -0.05) is 0 Å². The first kappa shape index (κ1) is 15.0. The molecule has 0 aliphatic carbocycles. The number of nitrogens with zero attached hydrogens (tertiary/aromatic N) is 2. The summed E-state index contributed by atoms with van der Waals surface area (Å²) >= 11 is 0. The molecule has 0 spiro atoms. The first-order valence-corrected chi connectivity index (χ1v) is 7.66. The SMILES string of the molecule is O=C1NC2CN(c3ccc(N4C[C@H](CO)OC4=O)cc3F)CC2O1. The highest BCUT2D eigenvalue weighted by Gasteiger charge is 2.42.